The number of rotatable bonds is 5. The summed E-state index contributed by atoms with van der Waals surface area (Å²) in [4.78, 5) is 27.0. The van der Waals surface area contributed by atoms with Crippen LogP contribution in [0.1, 0.15) is 16.9 Å². The summed E-state index contributed by atoms with van der Waals surface area (Å²) in [5.74, 6) is -1.64. The van der Waals surface area contributed by atoms with Crippen molar-refractivity contribution >= 4 is 28.3 Å². The van der Waals surface area contributed by atoms with Crippen LogP contribution in [0.5, 0.6) is 0 Å². The summed E-state index contributed by atoms with van der Waals surface area (Å²) in [6.45, 7) is -1.89. The standard InChI is InChI=1S/C10H12F3N3O3S/c1-19-7(17)2-3-16(5-10(11,12)13)8(18)6-4-20-9(14)15-6/h4H,2-3,5H2,1H3,(H2,14,15). The quantitative estimate of drug-likeness (QED) is 0.828. The van der Waals surface area contributed by atoms with Gasteiger partial charge in [-0.15, -0.1) is 11.3 Å². The van der Waals surface area contributed by atoms with Crippen molar-refractivity contribution in [2.45, 2.75) is 12.6 Å². The molecule has 0 saturated heterocycles. The molecule has 0 radical (unpaired) electrons. The molecule has 112 valence electrons. The van der Waals surface area contributed by atoms with Crippen LogP contribution in [0.25, 0.3) is 0 Å². The van der Waals surface area contributed by atoms with Gasteiger partial charge in [0, 0.05) is 11.9 Å². The van der Waals surface area contributed by atoms with E-state index in [1.165, 1.54) is 5.38 Å². The van der Waals surface area contributed by atoms with E-state index in [1.54, 1.807) is 0 Å². The number of nitrogens with two attached hydrogens (primary N) is 1. The number of hydrogen-bond donors (Lipinski definition) is 1. The first-order valence-electron chi connectivity index (χ1n) is 5.37. The van der Waals surface area contributed by atoms with Gasteiger partial charge in [0.15, 0.2) is 5.13 Å². The van der Waals surface area contributed by atoms with Gasteiger partial charge < -0.3 is 15.4 Å². The zero-order valence-corrected chi connectivity index (χ0v) is 11.3. The second-order valence-corrected chi connectivity index (χ2v) is 4.63. The second-order valence-electron chi connectivity index (χ2n) is 3.74. The Morgan fingerprint density at radius 2 is 2.15 bits per heavy atom. The number of aromatic nitrogens is 1. The molecule has 0 aromatic carbocycles. The fourth-order valence-corrected chi connectivity index (χ4v) is 1.88. The van der Waals surface area contributed by atoms with Crippen LogP contribution >= 0.6 is 11.3 Å². The summed E-state index contributed by atoms with van der Waals surface area (Å²) in [7, 11) is 1.11. The predicted octanol–water partition coefficient (Wildman–Crippen LogP) is 1.29. The van der Waals surface area contributed by atoms with E-state index in [-0.39, 0.29) is 17.2 Å². The zero-order valence-electron chi connectivity index (χ0n) is 10.4. The first-order chi connectivity index (χ1) is 9.23. The fourth-order valence-electron chi connectivity index (χ4n) is 1.34. The van der Waals surface area contributed by atoms with Crippen molar-refractivity contribution in [3.05, 3.63) is 11.1 Å². The van der Waals surface area contributed by atoms with Gasteiger partial charge in [0.1, 0.15) is 12.2 Å². The molecule has 0 spiro atoms. The number of nitrogens with zero attached hydrogens (tertiary/aromatic N) is 2. The van der Waals surface area contributed by atoms with E-state index in [0.29, 0.717) is 4.90 Å². The molecule has 10 heteroatoms. The molecule has 0 atom stereocenters. The van der Waals surface area contributed by atoms with Crippen molar-refractivity contribution in [1.82, 2.24) is 9.88 Å². The number of halogens is 3. The third-order valence-corrected chi connectivity index (χ3v) is 2.89. The molecule has 6 nitrogen and oxygen atoms in total. The van der Waals surface area contributed by atoms with Crippen molar-refractivity contribution in [2.75, 3.05) is 25.9 Å². The first kappa shape index (κ1) is 16.2. The second kappa shape index (κ2) is 6.55. The maximum Gasteiger partial charge on any atom is 0.406 e. The number of alkyl halides is 3. The maximum absolute atomic E-state index is 12.4. The van der Waals surface area contributed by atoms with Gasteiger partial charge in [-0.05, 0) is 0 Å². The molecule has 1 heterocycles. The minimum Gasteiger partial charge on any atom is -0.469 e. The minimum atomic E-state index is -4.58. The average Bonchev–Trinajstić information content (AvgIpc) is 2.78. The summed E-state index contributed by atoms with van der Waals surface area (Å²) in [6, 6.07) is 0. The Morgan fingerprint density at radius 1 is 1.50 bits per heavy atom. The van der Waals surface area contributed by atoms with E-state index in [2.05, 4.69) is 9.72 Å². The molecule has 1 amide bonds. The lowest BCUT2D eigenvalue weighted by Gasteiger charge is -2.22. The Bertz CT molecular complexity index is 490. The SMILES string of the molecule is COC(=O)CCN(CC(F)(F)F)C(=O)c1csc(N)n1. The molecule has 0 unspecified atom stereocenters. The molecule has 1 aromatic heterocycles. The van der Waals surface area contributed by atoms with E-state index in [0.717, 1.165) is 18.4 Å². The highest BCUT2D eigenvalue weighted by atomic mass is 32.1. The summed E-state index contributed by atoms with van der Waals surface area (Å²) in [6.07, 6.45) is -4.91. The van der Waals surface area contributed by atoms with Crippen molar-refractivity contribution in [2.24, 2.45) is 0 Å². The largest absolute Gasteiger partial charge is 0.469 e. The third kappa shape index (κ3) is 5.03. The van der Waals surface area contributed by atoms with Gasteiger partial charge in [0.25, 0.3) is 5.91 Å². The molecule has 20 heavy (non-hydrogen) atoms. The summed E-state index contributed by atoms with van der Waals surface area (Å²) in [5.41, 5.74) is 5.15. The Hall–Kier alpha value is -1.84. The van der Waals surface area contributed by atoms with E-state index < -0.39 is 31.1 Å². The van der Waals surface area contributed by atoms with Gasteiger partial charge in [0.05, 0.1) is 13.5 Å². The smallest absolute Gasteiger partial charge is 0.406 e. The maximum atomic E-state index is 12.4. The molecule has 0 aliphatic carbocycles. The Morgan fingerprint density at radius 3 is 2.60 bits per heavy atom. The van der Waals surface area contributed by atoms with Gasteiger partial charge in [-0.2, -0.15) is 13.2 Å². The molecule has 0 saturated carbocycles. The number of ether oxygens (including phenoxy) is 1. The van der Waals surface area contributed by atoms with Gasteiger partial charge in [0.2, 0.25) is 0 Å². The zero-order chi connectivity index (χ0) is 15.3. The predicted molar refractivity (Wildman–Crippen MR) is 65.1 cm³/mol. The molecular weight excluding hydrogens is 299 g/mol. The summed E-state index contributed by atoms with van der Waals surface area (Å²) in [5, 5.41) is 1.34. The molecule has 0 fully saturated rings. The van der Waals surface area contributed by atoms with Crippen LogP contribution in [-0.4, -0.2) is 48.1 Å². The molecule has 2 N–H and O–H groups in total. The number of nitrogen functional groups attached to an aromatic ring is 1. The van der Waals surface area contributed by atoms with E-state index >= 15 is 0 Å². The van der Waals surface area contributed by atoms with E-state index in [4.69, 9.17) is 5.73 Å². The highest BCUT2D eigenvalue weighted by Gasteiger charge is 2.34. The molecule has 1 aromatic rings. The van der Waals surface area contributed by atoms with Crippen molar-refractivity contribution in [3.63, 3.8) is 0 Å². The summed E-state index contributed by atoms with van der Waals surface area (Å²) >= 11 is 0.943. The number of methoxy groups -OCH3 is 1. The van der Waals surface area contributed by atoms with Crippen LogP contribution in [0.4, 0.5) is 18.3 Å². The number of anilines is 1. The fraction of sp³-hybridized carbons (Fsp3) is 0.500. The lowest BCUT2D eigenvalue weighted by molar-refractivity contribution is -0.147. The number of esters is 1. The molecule has 0 aliphatic rings. The van der Waals surface area contributed by atoms with Gasteiger partial charge >= 0.3 is 12.1 Å². The van der Waals surface area contributed by atoms with Gasteiger partial charge in [-0.25, -0.2) is 4.98 Å². The van der Waals surface area contributed by atoms with E-state index in [9.17, 15) is 22.8 Å². The van der Waals surface area contributed by atoms with Crippen LogP contribution in [0.2, 0.25) is 0 Å². The molecule has 0 bridgehead atoms. The van der Waals surface area contributed by atoms with Crippen molar-refractivity contribution in [1.29, 1.82) is 0 Å². The lowest BCUT2D eigenvalue weighted by atomic mass is 10.3. The van der Waals surface area contributed by atoms with E-state index in [1.807, 2.05) is 0 Å². The van der Waals surface area contributed by atoms with Crippen LogP contribution in [-0.2, 0) is 9.53 Å². The van der Waals surface area contributed by atoms with Crippen LogP contribution in [0.3, 0.4) is 0 Å². The molecule has 1 rings (SSSR count). The average molecular weight is 311 g/mol. The summed E-state index contributed by atoms with van der Waals surface area (Å²) < 4.78 is 41.7. The monoisotopic (exact) mass is 311 g/mol. The lowest BCUT2D eigenvalue weighted by Crippen LogP contribution is -2.40. The molecule has 0 aliphatic heterocycles. The Kier molecular flexibility index (Phi) is 5.31. The highest BCUT2D eigenvalue weighted by Crippen LogP contribution is 2.19. The number of amides is 1. The van der Waals surface area contributed by atoms with Gasteiger partial charge in [-0.1, -0.05) is 0 Å². The number of carbonyl (C=O) groups excluding carboxylic acids is 2. The van der Waals surface area contributed by atoms with Crippen LogP contribution in [0, 0.1) is 0 Å². The Balaban J connectivity index is 2.80. The number of thiazole rings is 1. The van der Waals surface area contributed by atoms with Crippen molar-refractivity contribution < 1.29 is 27.5 Å². The number of hydrogen-bond acceptors (Lipinski definition) is 6. The topological polar surface area (TPSA) is 85.5 Å². The third-order valence-electron chi connectivity index (χ3n) is 2.21. The first-order valence-corrected chi connectivity index (χ1v) is 6.24. The highest BCUT2D eigenvalue weighted by molar-refractivity contribution is 7.13. The number of carbonyl (C=O) groups is 2. The minimum absolute atomic E-state index is 0.0771. The Labute approximate surface area is 116 Å². The van der Waals surface area contributed by atoms with Gasteiger partial charge in [-0.3, -0.25) is 9.59 Å². The van der Waals surface area contributed by atoms with Crippen molar-refractivity contribution in [3.8, 4) is 0 Å². The van der Waals surface area contributed by atoms with Crippen LogP contribution < -0.4 is 5.73 Å². The normalized spacial score (nSPS) is 11.2. The van der Waals surface area contributed by atoms with Crippen LogP contribution in [0.15, 0.2) is 5.38 Å². The molecular formula is C10H12F3N3O3S.